The van der Waals surface area contributed by atoms with Crippen LogP contribution in [0.3, 0.4) is 0 Å². The molecule has 0 fully saturated rings. The van der Waals surface area contributed by atoms with E-state index < -0.39 is 0 Å². The zero-order valence-electron chi connectivity index (χ0n) is 10.2. The van der Waals surface area contributed by atoms with E-state index in [9.17, 15) is 0 Å². The molecule has 0 saturated carbocycles. The van der Waals surface area contributed by atoms with Gasteiger partial charge in [0.1, 0.15) is 10.7 Å². The van der Waals surface area contributed by atoms with Crippen LogP contribution >= 0.6 is 12.2 Å². The van der Waals surface area contributed by atoms with Crippen molar-refractivity contribution in [1.29, 1.82) is 0 Å². The molecule has 3 N–H and O–H groups in total. The fourth-order valence-electron chi connectivity index (χ4n) is 1.47. The smallest absolute Gasteiger partial charge is 0.223 e. The van der Waals surface area contributed by atoms with Gasteiger partial charge in [0.25, 0.3) is 0 Å². The van der Waals surface area contributed by atoms with Gasteiger partial charge in [-0.2, -0.15) is 5.10 Å². The molecule has 6 nitrogen and oxygen atoms in total. The predicted molar refractivity (Wildman–Crippen MR) is 73.2 cm³/mol. The highest BCUT2D eigenvalue weighted by Gasteiger charge is 2.05. The van der Waals surface area contributed by atoms with E-state index in [2.05, 4.69) is 20.4 Å². The number of nitrogens with two attached hydrogens (primary N) is 1. The number of aromatic nitrogens is 4. The first-order valence-electron chi connectivity index (χ1n) is 5.42. The maximum atomic E-state index is 5.52. The van der Waals surface area contributed by atoms with Crippen molar-refractivity contribution in [3.63, 3.8) is 0 Å². The average Bonchev–Trinajstić information content (AvgIpc) is 2.68. The van der Waals surface area contributed by atoms with Gasteiger partial charge in [-0.15, -0.1) is 0 Å². The number of hydrogen-bond acceptors (Lipinski definition) is 5. The van der Waals surface area contributed by atoms with Crippen LogP contribution in [0.1, 0.15) is 17.0 Å². The molecule has 94 valence electrons. The molecule has 7 heteroatoms. The Balaban J connectivity index is 2.08. The van der Waals surface area contributed by atoms with Gasteiger partial charge in [-0.05, 0) is 13.0 Å². The second-order valence-electron chi connectivity index (χ2n) is 3.86. The third-order valence-electron chi connectivity index (χ3n) is 2.68. The minimum Gasteiger partial charge on any atom is -0.388 e. The van der Waals surface area contributed by atoms with E-state index >= 15 is 0 Å². The molecule has 0 bridgehead atoms. The van der Waals surface area contributed by atoms with E-state index in [4.69, 9.17) is 18.0 Å². The molecule has 0 amide bonds. The third-order valence-corrected chi connectivity index (χ3v) is 2.89. The fraction of sp³-hybridized carbons (Fsp3) is 0.273. The Hall–Kier alpha value is -2.02. The van der Waals surface area contributed by atoms with E-state index in [1.165, 1.54) is 0 Å². The van der Waals surface area contributed by atoms with Crippen LogP contribution < -0.4 is 11.1 Å². The SMILES string of the molecule is Cc1c(CNc2nccc(C(N)=S)n2)cnn1C. The van der Waals surface area contributed by atoms with Gasteiger partial charge in [-0.3, -0.25) is 4.68 Å². The third kappa shape index (κ3) is 2.62. The van der Waals surface area contributed by atoms with Crippen LogP contribution in [0.15, 0.2) is 18.5 Å². The van der Waals surface area contributed by atoms with Crippen LogP contribution in [0.4, 0.5) is 5.95 Å². The van der Waals surface area contributed by atoms with Crippen molar-refractivity contribution in [3.8, 4) is 0 Å². The minimum atomic E-state index is 0.262. The highest BCUT2D eigenvalue weighted by molar-refractivity contribution is 7.80. The maximum absolute atomic E-state index is 5.52. The molecule has 2 rings (SSSR count). The Kier molecular flexibility index (Phi) is 3.52. The summed E-state index contributed by atoms with van der Waals surface area (Å²) in [7, 11) is 1.91. The monoisotopic (exact) mass is 262 g/mol. The summed E-state index contributed by atoms with van der Waals surface area (Å²) in [6, 6.07) is 1.68. The van der Waals surface area contributed by atoms with Gasteiger partial charge < -0.3 is 11.1 Å². The molecule has 0 aliphatic rings. The number of thiocarbonyl (C=S) groups is 1. The van der Waals surface area contributed by atoms with Crippen LogP contribution in [-0.4, -0.2) is 24.7 Å². The lowest BCUT2D eigenvalue weighted by Crippen LogP contribution is -2.13. The van der Waals surface area contributed by atoms with Crippen molar-refractivity contribution in [2.75, 3.05) is 5.32 Å². The molecular weight excluding hydrogens is 248 g/mol. The number of anilines is 1. The van der Waals surface area contributed by atoms with Crippen LogP contribution in [0.2, 0.25) is 0 Å². The van der Waals surface area contributed by atoms with Gasteiger partial charge in [0, 0.05) is 31.0 Å². The molecule has 18 heavy (non-hydrogen) atoms. The quantitative estimate of drug-likeness (QED) is 0.792. The lowest BCUT2D eigenvalue weighted by molar-refractivity contribution is 0.738. The standard InChI is InChI=1S/C11H14N6S/c1-7-8(6-15-17(7)2)5-14-11-13-4-3-9(16-11)10(12)18/h3-4,6H,5H2,1-2H3,(H2,12,18)(H,13,14,16). The number of hydrogen-bond donors (Lipinski definition) is 2. The van der Waals surface area contributed by atoms with E-state index in [0.717, 1.165) is 11.3 Å². The van der Waals surface area contributed by atoms with Crippen LogP contribution in [0, 0.1) is 6.92 Å². The van der Waals surface area contributed by atoms with E-state index in [0.29, 0.717) is 18.2 Å². The van der Waals surface area contributed by atoms with Gasteiger partial charge in [0.05, 0.1) is 6.20 Å². The first-order valence-corrected chi connectivity index (χ1v) is 5.83. The van der Waals surface area contributed by atoms with E-state index in [1.807, 2.05) is 24.9 Å². The lowest BCUT2D eigenvalue weighted by Gasteiger charge is -2.05. The average molecular weight is 262 g/mol. The summed E-state index contributed by atoms with van der Waals surface area (Å²) in [5.41, 5.74) is 8.28. The number of nitrogens with zero attached hydrogens (tertiary/aromatic N) is 4. The lowest BCUT2D eigenvalue weighted by atomic mass is 10.2. The van der Waals surface area contributed by atoms with Crippen molar-refractivity contribution >= 4 is 23.2 Å². The Morgan fingerprint density at radius 2 is 2.33 bits per heavy atom. The molecule has 0 aliphatic carbocycles. The summed E-state index contributed by atoms with van der Waals surface area (Å²) < 4.78 is 1.82. The van der Waals surface area contributed by atoms with E-state index in [1.54, 1.807) is 12.3 Å². The van der Waals surface area contributed by atoms with Crippen molar-refractivity contribution < 1.29 is 0 Å². The van der Waals surface area contributed by atoms with Crippen LogP contribution in [0.5, 0.6) is 0 Å². The molecule has 2 heterocycles. The minimum absolute atomic E-state index is 0.262. The first kappa shape index (κ1) is 12.4. The molecule has 0 aromatic carbocycles. The maximum Gasteiger partial charge on any atom is 0.223 e. The Labute approximate surface area is 110 Å². The summed E-state index contributed by atoms with van der Waals surface area (Å²) in [5, 5.41) is 7.29. The van der Waals surface area contributed by atoms with Crippen LogP contribution in [0.25, 0.3) is 0 Å². The summed E-state index contributed by atoms with van der Waals surface area (Å²) in [4.78, 5) is 8.58. The summed E-state index contributed by atoms with van der Waals surface area (Å²) in [6.45, 7) is 2.62. The number of aryl methyl sites for hydroxylation is 1. The van der Waals surface area contributed by atoms with Gasteiger partial charge in [-0.25, -0.2) is 9.97 Å². The highest BCUT2D eigenvalue weighted by atomic mass is 32.1. The van der Waals surface area contributed by atoms with Crippen molar-refractivity contribution in [1.82, 2.24) is 19.7 Å². The number of rotatable bonds is 4. The van der Waals surface area contributed by atoms with Gasteiger partial charge in [-0.1, -0.05) is 12.2 Å². The van der Waals surface area contributed by atoms with Gasteiger partial charge >= 0.3 is 0 Å². The van der Waals surface area contributed by atoms with Crippen molar-refractivity contribution in [2.24, 2.45) is 12.8 Å². The normalized spacial score (nSPS) is 10.3. The topological polar surface area (TPSA) is 81.7 Å². The molecular formula is C11H14N6S. The molecule has 0 aliphatic heterocycles. The Morgan fingerprint density at radius 3 is 2.94 bits per heavy atom. The van der Waals surface area contributed by atoms with Crippen molar-refractivity contribution in [2.45, 2.75) is 13.5 Å². The molecule has 0 radical (unpaired) electrons. The molecule has 0 saturated heterocycles. The second-order valence-corrected chi connectivity index (χ2v) is 4.30. The Bertz CT molecular complexity index is 577. The summed E-state index contributed by atoms with van der Waals surface area (Å²) in [6.07, 6.45) is 3.44. The Morgan fingerprint density at radius 1 is 1.56 bits per heavy atom. The second kappa shape index (κ2) is 5.09. The molecule has 2 aromatic heterocycles. The number of nitrogens with one attached hydrogen (secondary N) is 1. The van der Waals surface area contributed by atoms with Crippen LogP contribution in [-0.2, 0) is 13.6 Å². The molecule has 0 spiro atoms. The van der Waals surface area contributed by atoms with Crippen molar-refractivity contribution in [3.05, 3.63) is 35.4 Å². The molecule has 2 aromatic rings. The molecule has 0 unspecified atom stereocenters. The fourth-order valence-corrected chi connectivity index (χ4v) is 1.59. The van der Waals surface area contributed by atoms with E-state index in [-0.39, 0.29) is 4.99 Å². The summed E-state index contributed by atoms with van der Waals surface area (Å²) in [5.74, 6) is 0.503. The zero-order chi connectivity index (χ0) is 13.1. The molecule has 0 atom stereocenters. The van der Waals surface area contributed by atoms with Gasteiger partial charge in [0.2, 0.25) is 5.95 Å². The first-order chi connectivity index (χ1) is 8.58. The largest absolute Gasteiger partial charge is 0.388 e. The zero-order valence-corrected chi connectivity index (χ0v) is 11.0. The predicted octanol–water partition coefficient (Wildman–Crippen LogP) is 0.765. The highest BCUT2D eigenvalue weighted by Crippen LogP contribution is 2.08. The van der Waals surface area contributed by atoms with Gasteiger partial charge in [0.15, 0.2) is 0 Å². The summed E-state index contributed by atoms with van der Waals surface area (Å²) >= 11 is 4.87.